The summed E-state index contributed by atoms with van der Waals surface area (Å²) < 4.78 is 24.4. The fraction of sp³-hybridized carbons (Fsp3) is 0.200. The lowest BCUT2D eigenvalue weighted by Crippen LogP contribution is -2.23. The molecule has 1 fully saturated rings. The Morgan fingerprint density at radius 2 is 1.84 bits per heavy atom. The number of ether oxygens (including phenoxy) is 1. The smallest absolute Gasteiger partial charge is 0.223 e. The molecule has 0 amide bonds. The van der Waals surface area contributed by atoms with E-state index in [0.29, 0.717) is 34.1 Å². The lowest BCUT2D eigenvalue weighted by atomic mass is 9.96. The van der Waals surface area contributed by atoms with Gasteiger partial charge in [-0.3, -0.25) is 0 Å². The van der Waals surface area contributed by atoms with Crippen molar-refractivity contribution in [2.75, 3.05) is 10.0 Å². The number of benzene rings is 3. The van der Waals surface area contributed by atoms with Crippen molar-refractivity contribution in [2.45, 2.75) is 43.0 Å². The monoisotopic (exact) mass is 546 g/mol. The van der Waals surface area contributed by atoms with E-state index in [4.69, 9.17) is 21.3 Å². The molecule has 5 rings (SSSR count). The second-order valence-corrected chi connectivity index (χ2v) is 10.3. The van der Waals surface area contributed by atoms with Crippen LogP contribution in [0.4, 0.5) is 16.0 Å². The summed E-state index contributed by atoms with van der Waals surface area (Å²) in [5, 5.41) is 4.10. The summed E-state index contributed by atoms with van der Waals surface area (Å²) in [6.45, 7) is 3.86. The quantitative estimate of drug-likeness (QED) is 0.204. The second kappa shape index (κ2) is 12.3. The first-order chi connectivity index (χ1) is 18.6. The fourth-order valence-electron chi connectivity index (χ4n) is 4.38. The average molecular weight is 547 g/mol. The first kappa shape index (κ1) is 26.1. The molecule has 8 heteroatoms. The van der Waals surface area contributed by atoms with Gasteiger partial charge in [0, 0.05) is 34.5 Å². The number of hydrogen-bond acceptors (Lipinski definition) is 6. The molecule has 1 aromatic heterocycles. The van der Waals surface area contributed by atoms with Crippen LogP contribution in [-0.4, -0.2) is 16.0 Å². The molecule has 0 unspecified atom stereocenters. The van der Waals surface area contributed by atoms with Crippen molar-refractivity contribution in [1.82, 2.24) is 9.97 Å². The van der Waals surface area contributed by atoms with E-state index in [0.717, 1.165) is 28.9 Å². The van der Waals surface area contributed by atoms with E-state index in [1.165, 1.54) is 37.3 Å². The van der Waals surface area contributed by atoms with E-state index >= 15 is 4.39 Å². The molecular weight excluding hydrogens is 519 g/mol. The van der Waals surface area contributed by atoms with Crippen LogP contribution in [0.5, 0.6) is 11.5 Å². The molecule has 0 atom stereocenters. The SMILES string of the molecule is C=Cc1ccc(-c2ccnc(NC3CCCCC3)n2)c(Oc2ccc(NSc3ccccc3Cl)cc2F)c1. The lowest BCUT2D eigenvalue weighted by molar-refractivity contribution is 0.443. The van der Waals surface area contributed by atoms with Crippen molar-refractivity contribution < 1.29 is 9.13 Å². The molecule has 1 aliphatic rings. The van der Waals surface area contributed by atoms with Crippen LogP contribution in [0.1, 0.15) is 37.7 Å². The van der Waals surface area contributed by atoms with Crippen LogP contribution in [-0.2, 0) is 0 Å². The summed E-state index contributed by atoms with van der Waals surface area (Å²) in [6.07, 6.45) is 9.42. The number of nitrogens with zero attached hydrogens (tertiary/aromatic N) is 2. The van der Waals surface area contributed by atoms with Gasteiger partial charge in [0.25, 0.3) is 0 Å². The van der Waals surface area contributed by atoms with E-state index < -0.39 is 5.82 Å². The molecule has 1 aliphatic carbocycles. The first-order valence-corrected chi connectivity index (χ1v) is 13.8. The van der Waals surface area contributed by atoms with Gasteiger partial charge in [0.15, 0.2) is 11.6 Å². The van der Waals surface area contributed by atoms with Crippen LogP contribution in [0, 0.1) is 5.82 Å². The topological polar surface area (TPSA) is 59.1 Å². The molecule has 0 aliphatic heterocycles. The van der Waals surface area contributed by atoms with Crippen molar-refractivity contribution in [3.63, 3.8) is 0 Å². The number of anilines is 2. The second-order valence-electron chi connectivity index (χ2n) is 9.09. The number of aromatic nitrogens is 2. The molecule has 2 N–H and O–H groups in total. The predicted molar refractivity (Wildman–Crippen MR) is 155 cm³/mol. The largest absolute Gasteiger partial charge is 0.454 e. The molecule has 0 saturated heterocycles. The van der Waals surface area contributed by atoms with Crippen molar-refractivity contribution in [1.29, 1.82) is 0 Å². The zero-order chi connectivity index (χ0) is 26.3. The summed E-state index contributed by atoms with van der Waals surface area (Å²) >= 11 is 7.53. The Hall–Kier alpha value is -3.55. The molecule has 0 spiro atoms. The van der Waals surface area contributed by atoms with Crippen LogP contribution in [0.3, 0.4) is 0 Å². The zero-order valence-corrected chi connectivity index (χ0v) is 22.4. The Balaban J connectivity index is 1.36. The van der Waals surface area contributed by atoms with Crippen LogP contribution in [0.2, 0.25) is 5.02 Å². The van der Waals surface area contributed by atoms with Gasteiger partial charge in [-0.05, 0) is 72.8 Å². The van der Waals surface area contributed by atoms with E-state index in [-0.39, 0.29) is 5.75 Å². The molecule has 1 heterocycles. The third-order valence-corrected chi connectivity index (χ3v) is 7.73. The highest BCUT2D eigenvalue weighted by Crippen LogP contribution is 2.36. The summed E-state index contributed by atoms with van der Waals surface area (Å²) in [5.41, 5.74) is 2.88. The molecule has 4 aromatic rings. The highest BCUT2D eigenvalue weighted by molar-refractivity contribution is 8.00. The minimum Gasteiger partial charge on any atom is -0.454 e. The normalized spacial score (nSPS) is 13.6. The van der Waals surface area contributed by atoms with Gasteiger partial charge < -0.3 is 14.8 Å². The molecule has 0 radical (unpaired) electrons. The van der Waals surface area contributed by atoms with Gasteiger partial charge in [-0.15, -0.1) is 0 Å². The minimum absolute atomic E-state index is 0.107. The third kappa shape index (κ3) is 6.47. The molecule has 1 saturated carbocycles. The van der Waals surface area contributed by atoms with Crippen LogP contribution >= 0.6 is 23.5 Å². The molecule has 194 valence electrons. The minimum atomic E-state index is -0.493. The van der Waals surface area contributed by atoms with Crippen molar-refractivity contribution in [3.05, 3.63) is 95.9 Å². The van der Waals surface area contributed by atoms with Crippen molar-refractivity contribution >= 4 is 41.3 Å². The maximum absolute atomic E-state index is 15.1. The van der Waals surface area contributed by atoms with E-state index in [1.807, 2.05) is 48.5 Å². The fourth-order valence-corrected chi connectivity index (χ4v) is 5.30. The summed E-state index contributed by atoms with van der Waals surface area (Å²) in [5.74, 6) is 0.683. The highest BCUT2D eigenvalue weighted by atomic mass is 35.5. The van der Waals surface area contributed by atoms with Crippen LogP contribution < -0.4 is 14.8 Å². The Kier molecular flexibility index (Phi) is 8.46. The number of hydrogen-bond donors (Lipinski definition) is 2. The Morgan fingerprint density at radius 3 is 2.63 bits per heavy atom. The Labute approximate surface area is 231 Å². The Bertz CT molecular complexity index is 1430. The van der Waals surface area contributed by atoms with Gasteiger partial charge in [-0.2, -0.15) is 0 Å². The lowest BCUT2D eigenvalue weighted by Gasteiger charge is -2.22. The van der Waals surface area contributed by atoms with E-state index in [1.54, 1.807) is 24.4 Å². The molecule has 3 aromatic carbocycles. The summed E-state index contributed by atoms with van der Waals surface area (Å²) in [7, 11) is 0. The number of rotatable bonds is 9. The maximum Gasteiger partial charge on any atom is 0.223 e. The van der Waals surface area contributed by atoms with Gasteiger partial charge in [-0.25, -0.2) is 14.4 Å². The third-order valence-electron chi connectivity index (χ3n) is 6.38. The van der Waals surface area contributed by atoms with Gasteiger partial charge in [0.1, 0.15) is 5.75 Å². The summed E-state index contributed by atoms with van der Waals surface area (Å²) in [4.78, 5) is 10.0. The van der Waals surface area contributed by atoms with Crippen LogP contribution in [0.15, 0.2) is 84.4 Å². The highest BCUT2D eigenvalue weighted by Gasteiger charge is 2.17. The van der Waals surface area contributed by atoms with E-state index in [9.17, 15) is 0 Å². The van der Waals surface area contributed by atoms with Crippen LogP contribution in [0.25, 0.3) is 17.3 Å². The molecule has 38 heavy (non-hydrogen) atoms. The average Bonchev–Trinajstić information content (AvgIpc) is 2.94. The zero-order valence-electron chi connectivity index (χ0n) is 20.8. The standard InChI is InChI=1S/C30H28ClFN4OS/c1-2-20-12-14-23(26-16-17-33-30(35-26)34-21-8-4-3-5-9-21)28(18-20)37-27-15-13-22(19-25(27)32)36-38-29-11-7-6-10-24(29)31/h2,6-7,10-19,21,36H,1,3-5,8-9H2,(H,33,34,35). The summed E-state index contributed by atoms with van der Waals surface area (Å²) in [6, 6.07) is 20.1. The van der Waals surface area contributed by atoms with Crippen molar-refractivity contribution in [3.8, 4) is 22.8 Å². The van der Waals surface area contributed by atoms with Crippen molar-refractivity contribution in [2.24, 2.45) is 0 Å². The van der Waals surface area contributed by atoms with Gasteiger partial charge in [0.05, 0.1) is 10.7 Å². The van der Waals surface area contributed by atoms with Gasteiger partial charge in [-0.1, -0.05) is 61.7 Å². The van der Waals surface area contributed by atoms with Gasteiger partial charge >= 0.3 is 0 Å². The Morgan fingerprint density at radius 1 is 1.00 bits per heavy atom. The predicted octanol–water partition coefficient (Wildman–Crippen LogP) is 9.24. The van der Waals surface area contributed by atoms with E-state index in [2.05, 4.69) is 21.6 Å². The molecule has 5 nitrogen and oxygen atoms in total. The number of nitrogens with one attached hydrogen (secondary N) is 2. The van der Waals surface area contributed by atoms with Gasteiger partial charge in [0.2, 0.25) is 5.95 Å². The number of halogens is 2. The maximum atomic E-state index is 15.1. The molecule has 0 bridgehead atoms. The first-order valence-electron chi connectivity index (χ1n) is 12.6. The molecular formula is C30H28ClFN4OS.